The van der Waals surface area contributed by atoms with Gasteiger partial charge < -0.3 is 15.2 Å². The van der Waals surface area contributed by atoms with Crippen LogP contribution < -0.4 is 10.1 Å². The molecule has 0 aliphatic heterocycles. The van der Waals surface area contributed by atoms with Gasteiger partial charge in [-0.25, -0.2) is 4.39 Å². The van der Waals surface area contributed by atoms with E-state index in [1.807, 2.05) is 6.92 Å². The van der Waals surface area contributed by atoms with E-state index >= 15 is 0 Å². The van der Waals surface area contributed by atoms with Gasteiger partial charge in [-0.15, -0.1) is 0 Å². The molecule has 1 aliphatic carbocycles. The van der Waals surface area contributed by atoms with E-state index in [1.165, 1.54) is 12.1 Å². The molecule has 1 aromatic rings. The van der Waals surface area contributed by atoms with Gasteiger partial charge in [0.15, 0.2) is 0 Å². The molecular formula is C17H22FNO4. The maximum absolute atomic E-state index is 12.8. The fraction of sp³-hybridized carbons (Fsp3) is 0.529. The van der Waals surface area contributed by atoms with Crippen LogP contribution in [0.4, 0.5) is 4.39 Å². The van der Waals surface area contributed by atoms with Gasteiger partial charge >= 0.3 is 5.97 Å². The summed E-state index contributed by atoms with van der Waals surface area (Å²) in [6.07, 6.45) is 2.08. The Morgan fingerprint density at radius 3 is 2.35 bits per heavy atom. The molecule has 0 bridgehead atoms. The average molecular weight is 323 g/mol. The average Bonchev–Trinajstić information content (AvgIpc) is 2.55. The van der Waals surface area contributed by atoms with Crippen LogP contribution in [0.1, 0.15) is 32.6 Å². The largest absolute Gasteiger partial charge is 0.489 e. The summed E-state index contributed by atoms with van der Waals surface area (Å²) < 4.78 is 18.4. The molecule has 1 aromatic carbocycles. The first-order valence-corrected chi connectivity index (χ1v) is 7.88. The molecule has 23 heavy (non-hydrogen) atoms. The molecule has 1 fully saturated rings. The lowest BCUT2D eigenvalue weighted by Gasteiger charge is -2.25. The molecule has 5 nitrogen and oxygen atoms in total. The zero-order valence-electron chi connectivity index (χ0n) is 13.1. The summed E-state index contributed by atoms with van der Waals surface area (Å²) in [6.45, 7) is 2.18. The first kappa shape index (κ1) is 17.2. The monoisotopic (exact) mass is 323 g/mol. The Kier molecular flexibility index (Phi) is 5.96. The van der Waals surface area contributed by atoms with Crippen molar-refractivity contribution in [2.24, 2.45) is 11.8 Å². The van der Waals surface area contributed by atoms with Crippen molar-refractivity contribution in [3.05, 3.63) is 30.1 Å². The van der Waals surface area contributed by atoms with Crippen LogP contribution in [0.15, 0.2) is 24.3 Å². The molecule has 6 heteroatoms. The highest BCUT2D eigenvalue weighted by molar-refractivity contribution is 5.79. The minimum absolute atomic E-state index is 0.0524. The highest BCUT2D eigenvalue weighted by Crippen LogP contribution is 2.29. The Hall–Kier alpha value is -2.11. The standard InChI is InChI=1S/C17H22FNO4/c1-11(23-15-8-6-14(18)7-9-15)10-19-16(20)12-2-4-13(5-3-12)17(21)22/h6-9,11-13H,2-5,10H2,1H3,(H,19,20)(H,21,22). The van der Waals surface area contributed by atoms with E-state index in [-0.39, 0.29) is 29.7 Å². The lowest BCUT2D eigenvalue weighted by molar-refractivity contribution is -0.144. The van der Waals surface area contributed by atoms with Crippen molar-refractivity contribution in [2.45, 2.75) is 38.7 Å². The summed E-state index contributed by atoms with van der Waals surface area (Å²) in [5.41, 5.74) is 0. The molecule has 1 amide bonds. The van der Waals surface area contributed by atoms with Gasteiger partial charge in [0.25, 0.3) is 0 Å². The molecule has 1 saturated carbocycles. The van der Waals surface area contributed by atoms with Crippen LogP contribution in [0.2, 0.25) is 0 Å². The van der Waals surface area contributed by atoms with E-state index < -0.39 is 5.97 Å². The number of nitrogens with one attached hydrogen (secondary N) is 1. The predicted molar refractivity (Wildman–Crippen MR) is 82.6 cm³/mol. The van der Waals surface area contributed by atoms with E-state index in [0.717, 1.165) is 0 Å². The molecule has 2 rings (SSSR count). The minimum Gasteiger partial charge on any atom is -0.489 e. The van der Waals surface area contributed by atoms with Gasteiger partial charge in [-0.05, 0) is 56.9 Å². The Labute approximate surface area is 134 Å². The van der Waals surface area contributed by atoms with E-state index in [9.17, 15) is 14.0 Å². The fourth-order valence-electron chi connectivity index (χ4n) is 2.78. The number of rotatable bonds is 6. The number of carboxylic acid groups (broad SMARTS) is 1. The number of carbonyl (C=O) groups is 2. The molecule has 1 unspecified atom stereocenters. The summed E-state index contributed by atoms with van der Waals surface area (Å²) >= 11 is 0. The van der Waals surface area contributed by atoms with Crippen molar-refractivity contribution in [3.63, 3.8) is 0 Å². The first-order chi connectivity index (χ1) is 11.0. The first-order valence-electron chi connectivity index (χ1n) is 7.88. The number of aliphatic carboxylic acids is 1. The van der Waals surface area contributed by atoms with Crippen LogP contribution in [0.5, 0.6) is 5.75 Å². The maximum atomic E-state index is 12.8. The van der Waals surface area contributed by atoms with Gasteiger partial charge in [0.05, 0.1) is 12.5 Å². The number of amides is 1. The van der Waals surface area contributed by atoms with Crippen LogP contribution in [0, 0.1) is 17.7 Å². The molecule has 126 valence electrons. The molecule has 1 aliphatic rings. The quantitative estimate of drug-likeness (QED) is 0.844. The van der Waals surface area contributed by atoms with Crippen LogP contribution in [0.3, 0.4) is 0 Å². The Morgan fingerprint density at radius 1 is 1.22 bits per heavy atom. The van der Waals surface area contributed by atoms with Crippen LogP contribution in [0.25, 0.3) is 0 Å². The summed E-state index contributed by atoms with van der Waals surface area (Å²) in [4.78, 5) is 23.0. The third kappa shape index (κ3) is 5.23. The number of halogens is 1. The SMILES string of the molecule is CC(CNC(=O)C1CCC(C(=O)O)CC1)Oc1ccc(F)cc1. The van der Waals surface area contributed by atoms with Gasteiger partial charge in [-0.3, -0.25) is 9.59 Å². The molecular weight excluding hydrogens is 301 g/mol. The molecule has 0 spiro atoms. The van der Waals surface area contributed by atoms with Gasteiger partial charge in [-0.1, -0.05) is 0 Å². The third-order valence-corrected chi connectivity index (χ3v) is 4.16. The summed E-state index contributed by atoms with van der Waals surface area (Å²) in [6, 6.07) is 5.73. The second kappa shape index (κ2) is 7.94. The second-order valence-corrected chi connectivity index (χ2v) is 6.01. The zero-order chi connectivity index (χ0) is 16.8. The van der Waals surface area contributed by atoms with E-state index in [0.29, 0.717) is 38.0 Å². The van der Waals surface area contributed by atoms with E-state index in [1.54, 1.807) is 12.1 Å². The van der Waals surface area contributed by atoms with E-state index in [4.69, 9.17) is 9.84 Å². The molecule has 0 heterocycles. The topological polar surface area (TPSA) is 75.6 Å². The maximum Gasteiger partial charge on any atom is 0.306 e. The number of ether oxygens (including phenoxy) is 1. The van der Waals surface area contributed by atoms with Crippen LogP contribution >= 0.6 is 0 Å². The number of benzene rings is 1. The van der Waals surface area contributed by atoms with E-state index in [2.05, 4.69) is 5.32 Å². The van der Waals surface area contributed by atoms with Crippen molar-refractivity contribution in [1.29, 1.82) is 0 Å². The molecule has 1 atom stereocenters. The highest BCUT2D eigenvalue weighted by Gasteiger charge is 2.29. The van der Waals surface area contributed by atoms with Crippen LogP contribution in [-0.2, 0) is 9.59 Å². The van der Waals surface area contributed by atoms with Crippen molar-refractivity contribution in [1.82, 2.24) is 5.32 Å². The lowest BCUT2D eigenvalue weighted by atomic mass is 9.81. The Bertz CT molecular complexity index is 538. The minimum atomic E-state index is -0.773. The molecule has 0 saturated heterocycles. The van der Waals surface area contributed by atoms with Crippen molar-refractivity contribution in [3.8, 4) is 5.75 Å². The fourth-order valence-corrected chi connectivity index (χ4v) is 2.78. The second-order valence-electron chi connectivity index (χ2n) is 6.01. The van der Waals surface area contributed by atoms with Gasteiger partial charge in [0, 0.05) is 5.92 Å². The van der Waals surface area contributed by atoms with Gasteiger partial charge in [0.1, 0.15) is 17.7 Å². The predicted octanol–water partition coefficient (Wildman–Crippen LogP) is 2.60. The van der Waals surface area contributed by atoms with Gasteiger partial charge in [0.2, 0.25) is 5.91 Å². The highest BCUT2D eigenvalue weighted by atomic mass is 19.1. The zero-order valence-corrected chi connectivity index (χ0v) is 13.1. The number of carboxylic acids is 1. The van der Waals surface area contributed by atoms with Crippen LogP contribution in [-0.4, -0.2) is 29.6 Å². The van der Waals surface area contributed by atoms with Crippen molar-refractivity contribution in [2.75, 3.05) is 6.54 Å². The molecule has 0 radical (unpaired) electrons. The van der Waals surface area contributed by atoms with Gasteiger partial charge in [-0.2, -0.15) is 0 Å². The Balaban J connectivity index is 1.71. The normalized spacial score (nSPS) is 22.2. The molecule has 2 N–H and O–H groups in total. The van der Waals surface area contributed by atoms with Crippen molar-refractivity contribution < 1.29 is 23.8 Å². The third-order valence-electron chi connectivity index (χ3n) is 4.16. The number of hydrogen-bond acceptors (Lipinski definition) is 3. The Morgan fingerprint density at radius 2 is 1.78 bits per heavy atom. The number of hydrogen-bond donors (Lipinski definition) is 2. The summed E-state index contributed by atoms with van der Waals surface area (Å²) in [7, 11) is 0. The van der Waals surface area contributed by atoms with Crippen molar-refractivity contribution >= 4 is 11.9 Å². The molecule has 0 aromatic heterocycles. The summed E-state index contributed by atoms with van der Waals surface area (Å²) in [5.74, 6) is -1.04. The number of carbonyl (C=O) groups excluding carboxylic acids is 1. The lowest BCUT2D eigenvalue weighted by Crippen LogP contribution is -2.39. The summed E-state index contributed by atoms with van der Waals surface area (Å²) in [5, 5.41) is 11.8. The smallest absolute Gasteiger partial charge is 0.306 e.